The molecule has 2 aromatic heterocycles. The van der Waals surface area contributed by atoms with Crippen LogP contribution in [0.1, 0.15) is 0 Å². The van der Waals surface area contributed by atoms with Gasteiger partial charge in [-0.05, 0) is 29.6 Å². The summed E-state index contributed by atoms with van der Waals surface area (Å²) in [6.45, 7) is 4.01. The van der Waals surface area contributed by atoms with Crippen LogP contribution in [0.3, 0.4) is 0 Å². The van der Waals surface area contributed by atoms with Crippen molar-refractivity contribution in [1.82, 2.24) is 9.55 Å². The van der Waals surface area contributed by atoms with Gasteiger partial charge in [0.1, 0.15) is 10.6 Å². The average molecular weight is 422 g/mol. The fraction of sp³-hybridized carbons (Fsp3) is 0.167. The summed E-state index contributed by atoms with van der Waals surface area (Å²) in [5, 5.41) is 6.13. The molecule has 0 unspecified atom stereocenters. The molecule has 0 bridgehead atoms. The molecule has 0 aliphatic heterocycles. The van der Waals surface area contributed by atoms with E-state index in [0.29, 0.717) is 38.4 Å². The number of carbonyl (C=O) groups is 1. The molecule has 3 aromatic rings. The minimum atomic E-state index is -0.258. The van der Waals surface area contributed by atoms with Crippen molar-refractivity contribution in [2.75, 3.05) is 18.2 Å². The number of ether oxygens (including phenoxy) is 1. The second-order valence-electron chi connectivity index (χ2n) is 5.42. The van der Waals surface area contributed by atoms with Crippen molar-refractivity contribution in [2.45, 2.75) is 11.7 Å². The zero-order chi connectivity index (χ0) is 19.4. The van der Waals surface area contributed by atoms with E-state index >= 15 is 0 Å². The minimum absolute atomic E-state index is 0.0795. The first kappa shape index (κ1) is 19.5. The summed E-state index contributed by atoms with van der Waals surface area (Å²) in [6.07, 6.45) is 1.63. The van der Waals surface area contributed by atoms with Crippen LogP contribution in [0.4, 0.5) is 5.69 Å². The second kappa shape index (κ2) is 8.60. The zero-order valence-electron chi connectivity index (χ0n) is 14.4. The summed E-state index contributed by atoms with van der Waals surface area (Å²) in [4.78, 5) is 30.1. The van der Waals surface area contributed by atoms with E-state index in [1.165, 1.54) is 34.8 Å². The van der Waals surface area contributed by atoms with E-state index in [0.717, 1.165) is 0 Å². The van der Waals surface area contributed by atoms with Crippen molar-refractivity contribution in [3.8, 4) is 5.75 Å². The van der Waals surface area contributed by atoms with Gasteiger partial charge in [0, 0.05) is 11.6 Å². The van der Waals surface area contributed by atoms with Gasteiger partial charge in [0.15, 0.2) is 5.16 Å². The molecule has 1 aromatic carbocycles. The van der Waals surface area contributed by atoms with Gasteiger partial charge in [0.05, 0.1) is 23.9 Å². The molecule has 1 amide bonds. The third-order valence-corrected chi connectivity index (χ3v) is 5.65. The molecule has 0 aliphatic rings. The lowest BCUT2D eigenvalue weighted by Crippen LogP contribution is -2.23. The molecule has 9 heteroatoms. The van der Waals surface area contributed by atoms with Crippen molar-refractivity contribution in [3.63, 3.8) is 0 Å². The molecule has 2 heterocycles. The van der Waals surface area contributed by atoms with Crippen LogP contribution in [-0.2, 0) is 11.3 Å². The molecule has 0 saturated heterocycles. The number of methoxy groups -OCH3 is 1. The number of thiophene rings is 1. The van der Waals surface area contributed by atoms with Crippen molar-refractivity contribution < 1.29 is 9.53 Å². The lowest BCUT2D eigenvalue weighted by atomic mass is 10.3. The monoisotopic (exact) mass is 421 g/mol. The molecule has 1 N–H and O–H groups in total. The Hall–Kier alpha value is -2.29. The molecule has 0 fully saturated rings. The number of fused-ring (bicyclic) bond motifs is 1. The van der Waals surface area contributed by atoms with Crippen molar-refractivity contribution >= 4 is 56.5 Å². The molecule has 27 heavy (non-hydrogen) atoms. The standard InChI is InChI=1S/C18H16ClN3O3S2/c1-3-7-22-17(24)12-6-8-26-16(12)21-18(22)27-10-15(23)20-13-9-11(19)4-5-14(13)25-2/h3-6,8-9H,1,7,10H2,2H3,(H,20,23). The van der Waals surface area contributed by atoms with E-state index in [9.17, 15) is 9.59 Å². The highest BCUT2D eigenvalue weighted by Crippen LogP contribution is 2.28. The maximum absolute atomic E-state index is 12.6. The normalized spacial score (nSPS) is 10.7. The smallest absolute Gasteiger partial charge is 0.263 e. The SMILES string of the molecule is C=CCn1c(SCC(=O)Nc2cc(Cl)ccc2OC)nc2sccc2c1=O. The van der Waals surface area contributed by atoms with Crippen LogP contribution in [0, 0.1) is 0 Å². The van der Waals surface area contributed by atoms with Gasteiger partial charge < -0.3 is 10.1 Å². The largest absolute Gasteiger partial charge is 0.495 e. The van der Waals surface area contributed by atoms with Crippen LogP contribution in [-0.4, -0.2) is 28.3 Å². The highest BCUT2D eigenvalue weighted by Gasteiger charge is 2.14. The Kier molecular flexibility index (Phi) is 6.20. The van der Waals surface area contributed by atoms with E-state index in [4.69, 9.17) is 16.3 Å². The number of rotatable bonds is 7. The Morgan fingerprint density at radius 3 is 3.04 bits per heavy atom. The van der Waals surface area contributed by atoms with E-state index in [-0.39, 0.29) is 17.2 Å². The molecule has 0 spiro atoms. The van der Waals surface area contributed by atoms with E-state index in [2.05, 4.69) is 16.9 Å². The quantitative estimate of drug-likeness (QED) is 0.354. The molecule has 0 saturated carbocycles. The van der Waals surface area contributed by atoms with Gasteiger partial charge in [-0.25, -0.2) is 4.98 Å². The summed E-state index contributed by atoms with van der Waals surface area (Å²) < 4.78 is 6.74. The highest BCUT2D eigenvalue weighted by molar-refractivity contribution is 7.99. The average Bonchev–Trinajstić information content (AvgIpc) is 3.12. The Morgan fingerprint density at radius 2 is 2.30 bits per heavy atom. The van der Waals surface area contributed by atoms with Gasteiger partial charge in [-0.15, -0.1) is 17.9 Å². The molecule has 0 atom stereocenters. The fourth-order valence-corrected chi connectivity index (χ4v) is 4.21. The van der Waals surface area contributed by atoms with Crippen LogP contribution in [0.15, 0.2) is 52.3 Å². The van der Waals surface area contributed by atoms with Gasteiger partial charge in [-0.3, -0.25) is 14.2 Å². The number of thioether (sulfide) groups is 1. The Morgan fingerprint density at radius 1 is 1.48 bits per heavy atom. The molecule has 0 aliphatic carbocycles. The number of carbonyl (C=O) groups excluding carboxylic acids is 1. The van der Waals surface area contributed by atoms with Crippen molar-refractivity contribution in [1.29, 1.82) is 0 Å². The van der Waals surface area contributed by atoms with Crippen molar-refractivity contribution in [2.24, 2.45) is 0 Å². The molecule has 0 radical (unpaired) electrons. The third kappa shape index (κ3) is 4.35. The van der Waals surface area contributed by atoms with Crippen LogP contribution in [0.25, 0.3) is 10.2 Å². The second-order valence-corrected chi connectivity index (χ2v) is 7.69. The van der Waals surface area contributed by atoms with E-state index in [1.54, 1.807) is 30.3 Å². The number of anilines is 1. The van der Waals surface area contributed by atoms with Gasteiger partial charge in [-0.2, -0.15) is 0 Å². The fourth-order valence-electron chi connectivity index (χ4n) is 2.42. The minimum Gasteiger partial charge on any atom is -0.495 e. The summed E-state index contributed by atoms with van der Waals surface area (Å²) in [7, 11) is 1.52. The molecular weight excluding hydrogens is 406 g/mol. The lowest BCUT2D eigenvalue weighted by Gasteiger charge is -2.12. The number of hydrogen-bond donors (Lipinski definition) is 1. The first-order valence-electron chi connectivity index (χ1n) is 7.88. The number of hydrogen-bond acceptors (Lipinski definition) is 6. The Labute approximate surface area is 168 Å². The molecular formula is C18H16ClN3O3S2. The number of allylic oxidation sites excluding steroid dienone is 1. The highest BCUT2D eigenvalue weighted by atomic mass is 35.5. The van der Waals surface area contributed by atoms with Crippen LogP contribution in [0.2, 0.25) is 5.02 Å². The number of nitrogens with zero attached hydrogens (tertiary/aromatic N) is 2. The number of amides is 1. The van der Waals surface area contributed by atoms with Crippen molar-refractivity contribution in [3.05, 3.63) is 57.7 Å². The maximum atomic E-state index is 12.6. The van der Waals surface area contributed by atoms with Gasteiger partial charge in [-0.1, -0.05) is 29.4 Å². The van der Waals surface area contributed by atoms with E-state index < -0.39 is 0 Å². The molecule has 3 rings (SSSR count). The predicted molar refractivity (Wildman–Crippen MR) is 111 cm³/mol. The molecule has 140 valence electrons. The first-order chi connectivity index (χ1) is 13.0. The predicted octanol–water partition coefficient (Wildman–Crippen LogP) is 4.04. The summed E-state index contributed by atoms with van der Waals surface area (Å²) in [6, 6.07) is 6.73. The Balaban J connectivity index is 1.79. The van der Waals surface area contributed by atoms with Gasteiger partial charge in [0.25, 0.3) is 5.56 Å². The number of nitrogens with one attached hydrogen (secondary N) is 1. The van der Waals surface area contributed by atoms with Gasteiger partial charge in [0.2, 0.25) is 5.91 Å². The summed E-state index contributed by atoms with van der Waals surface area (Å²) in [5.41, 5.74) is 0.348. The Bertz CT molecular complexity index is 1060. The topological polar surface area (TPSA) is 73.2 Å². The van der Waals surface area contributed by atoms with E-state index in [1.807, 2.05) is 5.38 Å². The van der Waals surface area contributed by atoms with Crippen LogP contribution < -0.4 is 15.6 Å². The third-order valence-electron chi connectivity index (χ3n) is 3.63. The van der Waals surface area contributed by atoms with Crippen LogP contribution in [0.5, 0.6) is 5.75 Å². The number of halogens is 1. The molecule has 6 nitrogen and oxygen atoms in total. The summed E-state index contributed by atoms with van der Waals surface area (Å²) >= 11 is 8.56. The number of aromatic nitrogens is 2. The first-order valence-corrected chi connectivity index (χ1v) is 10.1. The van der Waals surface area contributed by atoms with Crippen LogP contribution >= 0.6 is 34.7 Å². The van der Waals surface area contributed by atoms with Gasteiger partial charge >= 0.3 is 0 Å². The number of benzene rings is 1. The maximum Gasteiger partial charge on any atom is 0.263 e. The lowest BCUT2D eigenvalue weighted by molar-refractivity contribution is -0.113. The summed E-state index contributed by atoms with van der Waals surface area (Å²) in [5.74, 6) is 0.335. The zero-order valence-corrected chi connectivity index (χ0v) is 16.8.